The predicted molar refractivity (Wildman–Crippen MR) is 172 cm³/mol. The van der Waals surface area contributed by atoms with Crippen molar-refractivity contribution in [3.8, 4) is 0 Å². The average molecular weight is 659 g/mol. The van der Waals surface area contributed by atoms with E-state index in [4.69, 9.17) is 18.0 Å². The molecule has 0 aliphatic heterocycles. The molecule has 0 aliphatic rings. The molecule has 14 heteroatoms. The number of nitro groups is 1. The van der Waals surface area contributed by atoms with Gasteiger partial charge < -0.3 is 20.5 Å². The number of nitrogens with one attached hydrogen (secondary N) is 1. The number of non-ortho nitro benzene ring substituents is 1. The lowest BCUT2D eigenvalue weighted by molar-refractivity contribution is -0.384. The van der Waals surface area contributed by atoms with Gasteiger partial charge in [0.15, 0.2) is 5.11 Å². The van der Waals surface area contributed by atoms with Gasteiger partial charge in [-0.3, -0.25) is 14.9 Å². The summed E-state index contributed by atoms with van der Waals surface area (Å²) in [4.78, 5) is 31.3. The monoisotopic (exact) mass is 658 g/mol. The number of thiocarbonyl (C=S) groups is 1. The van der Waals surface area contributed by atoms with Crippen molar-refractivity contribution >= 4 is 45.8 Å². The highest BCUT2D eigenvalue weighted by molar-refractivity contribution is 7.80. The number of nitro benzene ring substituents is 1. The highest BCUT2D eigenvalue weighted by Gasteiger charge is 2.36. The Bertz CT molecular complexity index is 1610. The number of thiophene rings is 1. The van der Waals surface area contributed by atoms with E-state index in [1.165, 1.54) is 35.6 Å². The van der Waals surface area contributed by atoms with Crippen LogP contribution in [-0.2, 0) is 30.5 Å². The van der Waals surface area contributed by atoms with Gasteiger partial charge in [-0.1, -0.05) is 44.5 Å². The Morgan fingerprint density at radius 1 is 1.20 bits per heavy atom. The first-order valence-electron chi connectivity index (χ1n) is 14.1. The summed E-state index contributed by atoms with van der Waals surface area (Å²) in [5.41, 5.74) is 7.63. The van der Waals surface area contributed by atoms with Crippen LogP contribution in [0.15, 0.2) is 78.6 Å². The maximum atomic E-state index is 14.0. The van der Waals surface area contributed by atoms with E-state index in [-0.39, 0.29) is 41.2 Å². The molecule has 0 radical (unpaired) electrons. The van der Waals surface area contributed by atoms with E-state index in [0.29, 0.717) is 18.7 Å². The molecular formula is C31H33F3N6O3S2. The fraction of sp³-hybridized carbons (Fsp3) is 0.323. The van der Waals surface area contributed by atoms with Crippen molar-refractivity contribution in [1.29, 1.82) is 0 Å². The Hall–Kier alpha value is -4.14. The lowest BCUT2D eigenvalue weighted by Gasteiger charge is -2.38. The van der Waals surface area contributed by atoms with Crippen LogP contribution in [0.3, 0.4) is 0 Å². The third kappa shape index (κ3) is 8.74. The number of benzene rings is 2. The molecule has 3 N–H and O–H groups in total. The second-order valence-electron chi connectivity index (χ2n) is 10.7. The molecule has 2 aromatic heterocycles. The molecule has 4 rings (SSSR count). The highest BCUT2D eigenvalue weighted by atomic mass is 32.1. The van der Waals surface area contributed by atoms with E-state index in [2.05, 4.69) is 10.3 Å². The number of carbonyl (C=O) groups is 1. The number of alkyl halides is 3. The van der Waals surface area contributed by atoms with Crippen LogP contribution < -0.4 is 11.1 Å². The summed E-state index contributed by atoms with van der Waals surface area (Å²) >= 11 is 7.17. The molecule has 0 saturated heterocycles. The number of imidazole rings is 1. The van der Waals surface area contributed by atoms with Crippen molar-refractivity contribution in [3.63, 3.8) is 0 Å². The van der Waals surface area contributed by atoms with Gasteiger partial charge in [-0.15, -0.1) is 11.3 Å². The third-order valence-corrected chi connectivity index (χ3v) is 8.82. The van der Waals surface area contributed by atoms with Gasteiger partial charge in [0, 0.05) is 47.6 Å². The molecule has 45 heavy (non-hydrogen) atoms. The van der Waals surface area contributed by atoms with Gasteiger partial charge in [0.05, 0.1) is 35.4 Å². The number of hydrogen-bond donors (Lipinski definition) is 2. The maximum Gasteiger partial charge on any atom is 0.416 e. The molecule has 0 bridgehead atoms. The molecule has 0 spiro atoms. The van der Waals surface area contributed by atoms with Gasteiger partial charge in [0.2, 0.25) is 0 Å². The molecule has 238 valence electrons. The van der Waals surface area contributed by atoms with E-state index >= 15 is 0 Å². The smallest absolute Gasteiger partial charge is 0.333 e. The highest BCUT2D eigenvalue weighted by Crippen LogP contribution is 2.31. The van der Waals surface area contributed by atoms with Crippen LogP contribution in [0.5, 0.6) is 0 Å². The molecule has 1 unspecified atom stereocenters. The van der Waals surface area contributed by atoms with Crippen LogP contribution in [-0.4, -0.2) is 36.4 Å². The molecule has 3 atom stereocenters. The summed E-state index contributed by atoms with van der Waals surface area (Å²) in [7, 11) is 0. The quantitative estimate of drug-likeness (QED) is 0.0691. The van der Waals surface area contributed by atoms with E-state index in [1.807, 2.05) is 35.9 Å². The standard InChI is InChI=1S/C31H33F3N6O3S2/c1-3-20(2)28(27(41)15-25-16-36-19-38(25)17-21-9-11-24(12-10-21)40(42)43)29(35)39(18-26-8-5-13-45-26)30(44)37-23-7-4-6-22(14-23)31(32,33)34/h4-14,16,19-20,28-29H,3,15,17-18,35H2,1-2H3,(H,37,44)/t20-,28+,29?/m0/s1. The molecule has 0 amide bonds. The Morgan fingerprint density at radius 3 is 2.56 bits per heavy atom. The van der Waals surface area contributed by atoms with Crippen LogP contribution in [0.4, 0.5) is 24.5 Å². The Morgan fingerprint density at radius 2 is 1.93 bits per heavy atom. The number of carbonyl (C=O) groups excluding carboxylic acids is 1. The third-order valence-electron chi connectivity index (χ3n) is 7.62. The van der Waals surface area contributed by atoms with Gasteiger partial charge in [-0.25, -0.2) is 4.98 Å². The van der Waals surface area contributed by atoms with Gasteiger partial charge in [-0.2, -0.15) is 13.2 Å². The maximum absolute atomic E-state index is 14.0. The zero-order chi connectivity index (χ0) is 32.7. The second kappa shape index (κ2) is 14.8. The summed E-state index contributed by atoms with van der Waals surface area (Å²) in [6.07, 6.45) is -1.55. The van der Waals surface area contributed by atoms with Crippen molar-refractivity contribution < 1.29 is 22.9 Å². The number of halogens is 3. The Balaban J connectivity index is 1.57. The number of nitrogens with zero attached hydrogens (tertiary/aromatic N) is 4. The molecule has 4 aromatic rings. The fourth-order valence-corrected chi connectivity index (χ4v) is 6.00. The van der Waals surface area contributed by atoms with E-state index in [9.17, 15) is 28.1 Å². The van der Waals surface area contributed by atoms with Crippen molar-refractivity contribution in [2.45, 2.75) is 52.1 Å². The summed E-state index contributed by atoms with van der Waals surface area (Å²) < 4.78 is 41.9. The first kappa shape index (κ1) is 33.7. The second-order valence-corrected chi connectivity index (χ2v) is 12.1. The van der Waals surface area contributed by atoms with Gasteiger partial charge in [0.1, 0.15) is 5.78 Å². The number of aromatic nitrogens is 2. The van der Waals surface area contributed by atoms with Crippen LogP contribution >= 0.6 is 23.6 Å². The van der Waals surface area contributed by atoms with Crippen molar-refractivity contribution in [2.75, 3.05) is 5.32 Å². The van der Waals surface area contributed by atoms with Gasteiger partial charge >= 0.3 is 6.18 Å². The lowest BCUT2D eigenvalue weighted by atomic mass is 9.83. The summed E-state index contributed by atoms with van der Waals surface area (Å²) in [5.74, 6) is -0.972. The SMILES string of the molecule is CC[C@H](C)[C@H](C(=O)Cc1cncn1Cc1ccc([N+](=O)[O-])cc1)C(N)N(Cc1cccs1)C(=S)Nc1cccc(C(F)(F)F)c1. The minimum Gasteiger partial charge on any atom is -0.333 e. The Labute approximate surface area is 268 Å². The molecule has 9 nitrogen and oxygen atoms in total. The van der Waals surface area contributed by atoms with Crippen LogP contribution in [0, 0.1) is 22.0 Å². The molecule has 0 fully saturated rings. The Kier molecular flexibility index (Phi) is 11.1. The first-order chi connectivity index (χ1) is 21.4. The zero-order valence-corrected chi connectivity index (χ0v) is 26.2. The molecule has 0 saturated carbocycles. The van der Waals surface area contributed by atoms with E-state index < -0.39 is 28.7 Å². The van der Waals surface area contributed by atoms with Crippen LogP contribution in [0.2, 0.25) is 0 Å². The first-order valence-corrected chi connectivity index (χ1v) is 15.4. The van der Waals surface area contributed by atoms with E-state index in [1.54, 1.807) is 29.6 Å². The van der Waals surface area contributed by atoms with Crippen LogP contribution in [0.1, 0.15) is 42.0 Å². The molecule has 2 aromatic carbocycles. The number of nitrogens with two attached hydrogens (primary N) is 1. The summed E-state index contributed by atoms with van der Waals surface area (Å²) in [6, 6.07) is 14.7. The molecule has 2 heterocycles. The summed E-state index contributed by atoms with van der Waals surface area (Å²) in [6.45, 7) is 4.50. The summed E-state index contributed by atoms with van der Waals surface area (Å²) in [5, 5.41) is 15.9. The number of anilines is 1. The average Bonchev–Trinajstić information content (AvgIpc) is 3.68. The van der Waals surface area contributed by atoms with Crippen molar-refractivity contribution in [3.05, 3.63) is 110 Å². The van der Waals surface area contributed by atoms with Crippen LogP contribution in [0.25, 0.3) is 0 Å². The van der Waals surface area contributed by atoms with E-state index in [0.717, 1.165) is 22.6 Å². The minimum absolute atomic E-state index is 0.0160. The van der Waals surface area contributed by atoms with Gasteiger partial charge in [0.25, 0.3) is 5.69 Å². The molecular weight excluding hydrogens is 626 g/mol. The number of hydrogen-bond acceptors (Lipinski definition) is 7. The lowest BCUT2D eigenvalue weighted by Crippen LogP contribution is -2.55. The minimum atomic E-state index is -4.52. The fourth-order valence-electron chi connectivity index (χ4n) is 5.00. The van der Waals surface area contributed by atoms with Gasteiger partial charge in [-0.05, 0) is 53.3 Å². The topological polar surface area (TPSA) is 119 Å². The normalized spacial score (nSPS) is 13.6. The number of Topliss-reactive ketones (excluding diaryl/α,β-unsaturated/α-hetero) is 1. The van der Waals surface area contributed by atoms with Crippen molar-refractivity contribution in [2.24, 2.45) is 17.6 Å². The largest absolute Gasteiger partial charge is 0.416 e. The predicted octanol–water partition coefficient (Wildman–Crippen LogP) is 6.88. The number of ketones is 1. The molecule has 0 aliphatic carbocycles. The number of rotatable bonds is 13. The van der Waals surface area contributed by atoms with Crippen molar-refractivity contribution in [1.82, 2.24) is 14.5 Å². The zero-order valence-electron chi connectivity index (χ0n) is 24.6.